The fourth-order valence-electron chi connectivity index (χ4n) is 2.46. The minimum atomic E-state index is -1.79. The summed E-state index contributed by atoms with van der Waals surface area (Å²) in [6.45, 7) is 0. The summed E-state index contributed by atoms with van der Waals surface area (Å²) in [7, 11) is 1.40. The number of nitrogen functional groups attached to an aromatic ring is 1. The van der Waals surface area contributed by atoms with E-state index in [-0.39, 0.29) is 35.1 Å². The Bertz CT molecular complexity index is 824. The number of hydrogen-bond donors (Lipinski definition) is 3. The number of aromatic carboxylic acids is 1. The van der Waals surface area contributed by atoms with Gasteiger partial charge in [-0.15, -0.1) is 0 Å². The van der Waals surface area contributed by atoms with E-state index in [2.05, 4.69) is 4.98 Å². The molecule has 1 aromatic heterocycles. The van der Waals surface area contributed by atoms with Gasteiger partial charge in [0.05, 0.1) is 23.7 Å². The predicted molar refractivity (Wildman–Crippen MR) is 74.5 cm³/mol. The van der Waals surface area contributed by atoms with Crippen molar-refractivity contribution in [3.05, 3.63) is 33.6 Å². The quantitative estimate of drug-likeness (QED) is 0.748. The lowest BCUT2D eigenvalue weighted by molar-refractivity contribution is 0.0690. The number of nitrogens with two attached hydrogens (primary N) is 1. The van der Waals surface area contributed by atoms with Crippen LogP contribution < -0.4 is 15.9 Å². The number of anilines is 1. The van der Waals surface area contributed by atoms with E-state index in [1.165, 1.54) is 19.2 Å². The molecule has 1 fully saturated rings. The average molecular weight is 292 g/mol. The van der Waals surface area contributed by atoms with E-state index in [9.17, 15) is 19.1 Å². The van der Waals surface area contributed by atoms with Gasteiger partial charge in [-0.05, 0) is 25.0 Å². The van der Waals surface area contributed by atoms with Crippen LogP contribution in [0.25, 0.3) is 10.9 Å². The molecule has 0 aliphatic heterocycles. The number of halogens is 1. The first-order valence-electron chi connectivity index (χ1n) is 6.34. The molecule has 21 heavy (non-hydrogen) atoms. The SMILES string of the molecule is COc1ccc(N)c2c(=O)c(C(=O)O)c(C3(F)CC3)[nH]c12. The second kappa shape index (κ2) is 4.21. The summed E-state index contributed by atoms with van der Waals surface area (Å²) in [4.78, 5) is 26.5. The Hall–Kier alpha value is -2.57. The minimum Gasteiger partial charge on any atom is -0.495 e. The summed E-state index contributed by atoms with van der Waals surface area (Å²) < 4.78 is 19.5. The van der Waals surface area contributed by atoms with Crippen molar-refractivity contribution >= 4 is 22.6 Å². The van der Waals surface area contributed by atoms with Gasteiger partial charge in [-0.25, -0.2) is 9.18 Å². The molecule has 0 unspecified atom stereocenters. The Labute approximate surface area is 118 Å². The number of pyridine rings is 1. The summed E-state index contributed by atoms with van der Waals surface area (Å²) in [6.07, 6.45) is 0.360. The van der Waals surface area contributed by atoms with E-state index in [1.54, 1.807) is 0 Å². The smallest absolute Gasteiger partial charge is 0.341 e. The van der Waals surface area contributed by atoms with Gasteiger partial charge in [0.2, 0.25) is 5.43 Å². The third kappa shape index (κ3) is 1.84. The maximum atomic E-state index is 14.4. The monoisotopic (exact) mass is 292 g/mol. The molecule has 0 saturated heterocycles. The van der Waals surface area contributed by atoms with E-state index in [0.717, 1.165) is 0 Å². The van der Waals surface area contributed by atoms with Crippen molar-refractivity contribution in [2.24, 2.45) is 0 Å². The van der Waals surface area contributed by atoms with Gasteiger partial charge in [-0.1, -0.05) is 0 Å². The van der Waals surface area contributed by atoms with Gasteiger partial charge in [-0.3, -0.25) is 4.79 Å². The number of aromatic amines is 1. The Morgan fingerprint density at radius 3 is 2.67 bits per heavy atom. The first-order valence-corrected chi connectivity index (χ1v) is 6.34. The van der Waals surface area contributed by atoms with E-state index in [4.69, 9.17) is 10.5 Å². The van der Waals surface area contributed by atoms with Crippen LogP contribution in [0.3, 0.4) is 0 Å². The zero-order chi connectivity index (χ0) is 15.4. The van der Waals surface area contributed by atoms with Crippen LogP contribution in [0.5, 0.6) is 5.75 Å². The number of carboxylic acids is 1. The molecule has 3 rings (SSSR count). The first kappa shape index (κ1) is 13.4. The molecular weight excluding hydrogens is 279 g/mol. The first-order chi connectivity index (χ1) is 9.89. The van der Waals surface area contributed by atoms with Gasteiger partial charge in [0.1, 0.15) is 11.3 Å². The number of methoxy groups -OCH3 is 1. The second-order valence-corrected chi connectivity index (χ2v) is 5.08. The molecule has 1 saturated carbocycles. The zero-order valence-corrected chi connectivity index (χ0v) is 11.2. The van der Waals surface area contributed by atoms with E-state index < -0.39 is 22.6 Å². The summed E-state index contributed by atoms with van der Waals surface area (Å²) >= 11 is 0. The third-order valence-electron chi connectivity index (χ3n) is 3.72. The van der Waals surface area contributed by atoms with Gasteiger partial charge in [-0.2, -0.15) is 0 Å². The molecule has 0 spiro atoms. The maximum Gasteiger partial charge on any atom is 0.341 e. The second-order valence-electron chi connectivity index (χ2n) is 5.08. The molecule has 0 atom stereocenters. The molecule has 2 aromatic rings. The molecule has 1 aliphatic carbocycles. The highest BCUT2D eigenvalue weighted by Gasteiger charge is 2.49. The van der Waals surface area contributed by atoms with Gasteiger partial charge in [0.15, 0.2) is 5.67 Å². The predicted octanol–water partition coefficient (Wildman–Crippen LogP) is 1.78. The van der Waals surface area contributed by atoms with E-state index in [0.29, 0.717) is 5.75 Å². The van der Waals surface area contributed by atoms with Crippen molar-refractivity contribution < 1.29 is 19.0 Å². The van der Waals surface area contributed by atoms with Crippen LogP contribution >= 0.6 is 0 Å². The van der Waals surface area contributed by atoms with Crippen molar-refractivity contribution in [2.75, 3.05) is 12.8 Å². The number of H-pyrrole nitrogens is 1. The number of aromatic nitrogens is 1. The van der Waals surface area contributed by atoms with Crippen LogP contribution in [0.2, 0.25) is 0 Å². The summed E-state index contributed by atoms with van der Waals surface area (Å²) in [5.74, 6) is -1.17. The molecule has 6 nitrogen and oxygen atoms in total. The third-order valence-corrected chi connectivity index (χ3v) is 3.72. The standard InChI is InChI=1S/C14H13FN2O4/c1-21-7-3-2-6(16)8-10(7)17-12(14(15)4-5-14)9(11(8)18)13(19)20/h2-3H,4-5,16H2,1H3,(H,17,18)(H,19,20). The Kier molecular flexibility index (Phi) is 2.69. The van der Waals surface area contributed by atoms with Crippen molar-refractivity contribution in [1.82, 2.24) is 4.98 Å². The summed E-state index contributed by atoms with van der Waals surface area (Å²) in [6, 6.07) is 2.99. The normalized spacial score (nSPS) is 15.9. The van der Waals surface area contributed by atoms with Crippen molar-refractivity contribution in [3.8, 4) is 5.75 Å². The van der Waals surface area contributed by atoms with Crippen molar-refractivity contribution in [1.29, 1.82) is 0 Å². The van der Waals surface area contributed by atoms with Crippen molar-refractivity contribution in [3.63, 3.8) is 0 Å². The van der Waals surface area contributed by atoms with E-state index in [1.807, 2.05) is 0 Å². The molecule has 0 amide bonds. The topological polar surface area (TPSA) is 105 Å². The fraction of sp³-hybridized carbons (Fsp3) is 0.286. The molecule has 7 heteroatoms. The summed E-state index contributed by atoms with van der Waals surface area (Å²) in [5.41, 5.74) is 2.69. The van der Waals surface area contributed by atoms with Crippen LogP contribution in [0, 0.1) is 0 Å². The maximum absolute atomic E-state index is 14.4. The number of hydrogen-bond acceptors (Lipinski definition) is 4. The number of ether oxygens (including phenoxy) is 1. The highest BCUT2D eigenvalue weighted by Crippen LogP contribution is 2.50. The molecule has 110 valence electrons. The molecule has 1 heterocycles. The number of rotatable bonds is 3. The molecule has 0 radical (unpaired) electrons. The minimum absolute atomic E-state index is 0.000231. The number of fused-ring (bicyclic) bond motifs is 1. The van der Waals surface area contributed by atoms with Gasteiger partial charge < -0.3 is 20.6 Å². The van der Waals surface area contributed by atoms with Crippen LogP contribution in [0.15, 0.2) is 16.9 Å². The van der Waals surface area contributed by atoms with Crippen LogP contribution in [-0.2, 0) is 5.67 Å². The van der Waals surface area contributed by atoms with Gasteiger partial charge in [0, 0.05) is 5.69 Å². The lowest BCUT2D eigenvalue weighted by Crippen LogP contribution is -2.23. The number of carbonyl (C=O) groups is 1. The molecule has 1 aromatic carbocycles. The van der Waals surface area contributed by atoms with Crippen molar-refractivity contribution in [2.45, 2.75) is 18.5 Å². The molecule has 4 N–H and O–H groups in total. The molecule has 1 aliphatic rings. The number of benzene rings is 1. The molecule has 0 bridgehead atoms. The van der Waals surface area contributed by atoms with E-state index >= 15 is 0 Å². The average Bonchev–Trinajstić information content (AvgIpc) is 3.17. The summed E-state index contributed by atoms with van der Waals surface area (Å²) in [5, 5.41) is 9.26. The Morgan fingerprint density at radius 2 is 2.14 bits per heavy atom. The largest absolute Gasteiger partial charge is 0.495 e. The van der Waals surface area contributed by atoms with Gasteiger partial charge in [0.25, 0.3) is 0 Å². The van der Waals surface area contributed by atoms with Crippen LogP contribution in [0.1, 0.15) is 28.9 Å². The lowest BCUT2D eigenvalue weighted by atomic mass is 10.0. The van der Waals surface area contributed by atoms with Crippen LogP contribution in [-0.4, -0.2) is 23.2 Å². The highest BCUT2D eigenvalue weighted by molar-refractivity contribution is 6.00. The number of nitrogens with one attached hydrogen (secondary N) is 1. The fourth-order valence-corrected chi connectivity index (χ4v) is 2.46. The Morgan fingerprint density at radius 1 is 1.48 bits per heavy atom. The lowest BCUT2D eigenvalue weighted by Gasteiger charge is -2.14. The van der Waals surface area contributed by atoms with Gasteiger partial charge >= 0.3 is 5.97 Å². The molecular formula is C14H13FN2O4. The Balaban J connectivity index is 2.50. The number of carboxylic acid groups (broad SMARTS) is 1. The van der Waals surface area contributed by atoms with Crippen LogP contribution in [0.4, 0.5) is 10.1 Å². The number of alkyl halides is 1. The highest BCUT2D eigenvalue weighted by atomic mass is 19.1. The zero-order valence-electron chi connectivity index (χ0n) is 11.2.